The first-order valence-electron chi connectivity index (χ1n) is 7.75. The molecule has 1 heterocycles. The zero-order valence-corrected chi connectivity index (χ0v) is 13.9. The lowest BCUT2D eigenvalue weighted by Crippen LogP contribution is -2.14. The number of non-ortho nitro benzene ring substituents is 1. The molecule has 0 saturated heterocycles. The molecule has 0 saturated carbocycles. The highest BCUT2D eigenvalue weighted by Gasteiger charge is 2.16. The number of hydrogen-bond donors (Lipinski definition) is 2. The van der Waals surface area contributed by atoms with Gasteiger partial charge in [0.05, 0.1) is 17.0 Å². The normalized spacial score (nSPS) is 10.3. The van der Waals surface area contributed by atoms with Gasteiger partial charge in [-0.2, -0.15) is 5.10 Å². The topological polar surface area (TPSA) is 115 Å². The van der Waals surface area contributed by atoms with E-state index in [-0.39, 0.29) is 11.3 Å². The third-order valence-electron chi connectivity index (χ3n) is 3.72. The van der Waals surface area contributed by atoms with Crippen molar-refractivity contribution in [3.63, 3.8) is 0 Å². The van der Waals surface area contributed by atoms with E-state index in [9.17, 15) is 14.9 Å². The van der Waals surface area contributed by atoms with Crippen molar-refractivity contribution in [2.45, 2.75) is 6.54 Å². The minimum absolute atomic E-state index is 0.144. The van der Waals surface area contributed by atoms with Gasteiger partial charge in [-0.05, 0) is 23.8 Å². The lowest BCUT2D eigenvalue weighted by molar-refractivity contribution is -0.384. The summed E-state index contributed by atoms with van der Waals surface area (Å²) in [6.45, 7) is 0.516. The van der Waals surface area contributed by atoms with Crippen LogP contribution in [0.5, 0.6) is 0 Å². The standard InChI is InChI=1S/C17H16N6O3/c1-18-16-6-5-14(23(25)26)8-15(16)17(24)21-13-4-2-3-12(7-13)9-22-11-19-10-20-22/h2-8,10-11,18H,9H2,1H3,(H,21,24). The van der Waals surface area contributed by atoms with Gasteiger partial charge in [0.15, 0.2) is 0 Å². The Balaban J connectivity index is 1.81. The Morgan fingerprint density at radius 2 is 2.12 bits per heavy atom. The molecule has 0 spiro atoms. The van der Waals surface area contributed by atoms with Crippen molar-refractivity contribution >= 4 is 23.0 Å². The minimum Gasteiger partial charge on any atom is -0.387 e. The van der Waals surface area contributed by atoms with Gasteiger partial charge < -0.3 is 10.6 Å². The van der Waals surface area contributed by atoms with Crippen LogP contribution >= 0.6 is 0 Å². The Hall–Kier alpha value is -3.75. The van der Waals surface area contributed by atoms with Crippen LogP contribution in [0, 0.1) is 10.1 Å². The molecule has 132 valence electrons. The van der Waals surface area contributed by atoms with E-state index in [0.717, 1.165) is 5.56 Å². The maximum absolute atomic E-state index is 12.6. The van der Waals surface area contributed by atoms with E-state index in [1.807, 2.05) is 18.2 Å². The highest BCUT2D eigenvalue weighted by Crippen LogP contribution is 2.23. The number of carbonyl (C=O) groups is 1. The van der Waals surface area contributed by atoms with Crippen molar-refractivity contribution in [2.24, 2.45) is 0 Å². The lowest BCUT2D eigenvalue weighted by Gasteiger charge is -2.11. The molecule has 0 fully saturated rings. The summed E-state index contributed by atoms with van der Waals surface area (Å²) in [7, 11) is 1.65. The van der Waals surface area contributed by atoms with Gasteiger partial charge >= 0.3 is 0 Å². The van der Waals surface area contributed by atoms with Gasteiger partial charge in [-0.25, -0.2) is 9.67 Å². The van der Waals surface area contributed by atoms with Crippen LogP contribution < -0.4 is 10.6 Å². The summed E-state index contributed by atoms with van der Waals surface area (Å²) in [4.78, 5) is 26.9. The molecule has 3 aromatic rings. The second-order valence-electron chi connectivity index (χ2n) is 5.48. The Labute approximate surface area is 148 Å². The van der Waals surface area contributed by atoms with Crippen LogP contribution in [0.25, 0.3) is 0 Å². The molecular formula is C17H16N6O3. The van der Waals surface area contributed by atoms with Crippen molar-refractivity contribution in [3.05, 3.63) is 76.4 Å². The lowest BCUT2D eigenvalue weighted by atomic mass is 10.1. The number of nitro groups is 1. The summed E-state index contributed by atoms with van der Waals surface area (Å²) in [5.74, 6) is -0.434. The average Bonchev–Trinajstić information content (AvgIpc) is 3.14. The number of hydrogen-bond acceptors (Lipinski definition) is 6. The average molecular weight is 352 g/mol. The number of nitrogens with zero attached hydrogens (tertiary/aromatic N) is 4. The molecule has 2 aromatic carbocycles. The fourth-order valence-corrected chi connectivity index (χ4v) is 2.50. The van der Waals surface area contributed by atoms with Crippen molar-refractivity contribution in [2.75, 3.05) is 17.7 Å². The number of nitro benzene ring substituents is 1. The molecule has 0 radical (unpaired) electrons. The fraction of sp³-hybridized carbons (Fsp3) is 0.118. The van der Waals surface area contributed by atoms with Gasteiger partial charge in [0.25, 0.3) is 11.6 Å². The van der Waals surface area contributed by atoms with Gasteiger partial charge in [0, 0.05) is 30.6 Å². The Morgan fingerprint density at radius 1 is 1.27 bits per heavy atom. The maximum atomic E-state index is 12.6. The van der Waals surface area contributed by atoms with Gasteiger partial charge in [0.2, 0.25) is 0 Å². The van der Waals surface area contributed by atoms with Crippen molar-refractivity contribution in [3.8, 4) is 0 Å². The predicted octanol–water partition coefficient (Wildman–Crippen LogP) is 2.53. The molecule has 26 heavy (non-hydrogen) atoms. The highest BCUT2D eigenvalue weighted by atomic mass is 16.6. The van der Waals surface area contributed by atoms with Crippen molar-refractivity contribution in [1.82, 2.24) is 14.8 Å². The molecule has 0 aliphatic carbocycles. The van der Waals surface area contributed by atoms with Gasteiger partial charge in [-0.3, -0.25) is 14.9 Å². The van der Waals surface area contributed by atoms with E-state index in [1.54, 1.807) is 24.1 Å². The van der Waals surface area contributed by atoms with Crippen LogP contribution in [0.15, 0.2) is 55.1 Å². The number of nitrogens with one attached hydrogen (secondary N) is 2. The number of rotatable bonds is 6. The molecule has 0 atom stereocenters. The van der Waals surface area contributed by atoms with Crippen LogP contribution in [0.2, 0.25) is 0 Å². The molecule has 1 amide bonds. The van der Waals surface area contributed by atoms with E-state index in [1.165, 1.54) is 24.5 Å². The summed E-state index contributed by atoms with van der Waals surface area (Å²) in [6.07, 6.45) is 3.06. The zero-order valence-electron chi connectivity index (χ0n) is 13.9. The largest absolute Gasteiger partial charge is 0.387 e. The number of carbonyl (C=O) groups excluding carboxylic acids is 1. The molecule has 9 heteroatoms. The monoisotopic (exact) mass is 352 g/mol. The predicted molar refractivity (Wildman–Crippen MR) is 96.2 cm³/mol. The molecule has 0 unspecified atom stereocenters. The third kappa shape index (κ3) is 3.83. The van der Waals surface area contributed by atoms with Crippen LogP contribution in [0.1, 0.15) is 15.9 Å². The van der Waals surface area contributed by atoms with E-state index in [4.69, 9.17) is 0 Å². The van der Waals surface area contributed by atoms with Gasteiger partial charge in [0.1, 0.15) is 12.7 Å². The maximum Gasteiger partial charge on any atom is 0.270 e. The second-order valence-corrected chi connectivity index (χ2v) is 5.48. The first kappa shape index (κ1) is 17.1. The molecule has 0 aliphatic rings. The Kier molecular flexibility index (Phi) is 4.88. The molecule has 0 bridgehead atoms. The van der Waals surface area contributed by atoms with Crippen molar-refractivity contribution < 1.29 is 9.72 Å². The van der Waals surface area contributed by atoms with E-state index < -0.39 is 10.8 Å². The summed E-state index contributed by atoms with van der Waals surface area (Å²) >= 11 is 0. The zero-order chi connectivity index (χ0) is 18.5. The molecule has 3 rings (SSSR count). The van der Waals surface area contributed by atoms with Crippen LogP contribution in [0.3, 0.4) is 0 Å². The summed E-state index contributed by atoms with van der Waals surface area (Å²) in [5.41, 5.74) is 2.08. The van der Waals surface area contributed by atoms with Crippen molar-refractivity contribution in [1.29, 1.82) is 0 Å². The Morgan fingerprint density at radius 3 is 2.81 bits per heavy atom. The first-order valence-corrected chi connectivity index (χ1v) is 7.75. The molecule has 2 N–H and O–H groups in total. The third-order valence-corrected chi connectivity index (χ3v) is 3.72. The molecule has 0 aliphatic heterocycles. The van der Waals surface area contributed by atoms with Crippen LogP contribution in [-0.4, -0.2) is 32.6 Å². The highest BCUT2D eigenvalue weighted by molar-refractivity contribution is 6.08. The number of amides is 1. The van der Waals surface area contributed by atoms with E-state index in [0.29, 0.717) is 17.9 Å². The minimum atomic E-state index is -0.533. The molecule has 1 aromatic heterocycles. The van der Waals surface area contributed by atoms with Crippen LogP contribution in [-0.2, 0) is 6.54 Å². The van der Waals surface area contributed by atoms with Gasteiger partial charge in [-0.15, -0.1) is 0 Å². The smallest absolute Gasteiger partial charge is 0.270 e. The van der Waals surface area contributed by atoms with Crippen LogP contribution in [0.4, 0.5) is 17.1 Å². The molecule has 9 nitrogen and oxygen atoms in total. The second kappa shape index (κ2) is 7.43. The summed E-state index contributed by atoms with van der Waals surface area (Å²) < 4.78 is 1.67. The fourth-order valence-electron chi connectivity index (χ4n) is 2.50. The number of benzene rings is 2. The quantitative estimate of drug-likeness (QED) is 0.520. The summed E-state index contributed by atoms with van der Waals surface area (Å²) in [6, 6.07) is 11.4. The Bertz CT molecular complexity index is 939. The first-order chi connectivity index (χ1) is 12.6. The van der Waals surface area contributed by atoms with E-state index >= 15 is 0 Å². The number of anilines is 2. The number of aromatic nitrogens is 3. The van der Waals surface area contributed by atoms with Gasteiger partial charge in [-0.1, -0.05) is 12.1 Å². The molecular weight excluding hydrogens is 336 g/mol. The summed E-state index contributed by atoms with van der Waals surface area (Å²) in [5, 5.41) is 20.7. The SMILES string of the molecule is CNc1ccc([N+](=O)[O-])cc1C(=O)Nc1cccc(Cn2cncn2)c1. The van der Waals surface area contributed by atoms with E-state index in [2.05, 4.69) is 20.7 Å².